The first-order chi connectivity index (χ1) is 36.2. The molecule has 0 radical (unpaired) electrons. The molecule has 0 aliphatic rings. The van der Waals surface area contributed by atoms with Gasteiger partial charge in [-0.05, 0) is 212 Å². The Morgan fingerprint density at radius 2 is 0.554 bits per heavy atom. The van der Waals surface area contributed by atoms with Gasteiger partial charge in [0.25, 0.3) is 0 Å². The summed E-state index contributed by atoms with van der Waals surface area (Å²) in [5.41, 5.74) is 12.3. The van der Waals surface area contributed by atoms with E-state index in [1.807, 2.05) is 36.4 Å². The molecule has 8 heteroatoms. The largest absolute Gasteiger partial charge is 0.310 e. The van der Waals surface area contributed by atoms with Gasteiger partial charge < -0.3 is 9.80 Å². The van der Waals surface area contributed by atoms with Crippen LogP contribution in [0.4, 0.5) is 51.7 Å². The third kappa shape index (κ3) is 8.37. The molecule has 0 unspecified atom stereocenters. The van der Waals surface area contributed by atoms with Crippen molar-refractivity contribution in [3.05, 3.63) is 265 Å². The van der Waals surface area contributed by atoms with E-state index < -0.39 is 0 Å². The highest BCUT2D eigenvalue weighted by molar-refractivity contribution is 6.28. The number of hydrogen-bond donors (Lipinski definition) is 0. The maximum atomic E-state index is 14.4. The van der Waals surface area contributed by atoms with Crippen molar-refractivity contribution >= 4 is 66.4 Å². The molecule has 0 aliphatic heterocycles. The number of anilines is 6. The highest BCUT2D eigenvalue weighted by Gasteiger charge is 2.24. The molecule has 0 bridgehead atoms. The molecule has 0 N–H and O–H groups in total. The van der Waals surface area contributed by atoms with Gasteiger partial charge in [0.05, 0.1) is 34.6 Å². The second-order valence-corrected chi connectivity index (χ2v) is 18.1. The van der Waals surface area contributed by atoms with Gasteiger partial charge in [0.2, 0.25) is 0 Å². The monoisotopic (exact) mass is 962 g/mol. The SMILES string of the molecule is N#Cc1ccc(N(c2cc(-c3ccc(F)cc3)cc(-c3ccc(F)cc3)c2)c2ccc3ccc4c(N(c5ccc(C#N)cc5)c5cc(-c6ccc(F)cc6)cc(-c6ccc(F)cc6)c5)ccc5ccc2c3c54)cc1. The van der Waals surface area contributed by atoms with Crippen molar-refractivity contribution in [3.63, 3.8) is 0 Å². The minimum absolute atomic E-state index is 0.354. The van der Waals surface area contributed by atoms with Crippen LogP contribution in [0.25, 0.3) is 76.8 Å². The number of benzene rings is 12. The lowest BCUT2D eigenvalue weighted by Crippen LogP contribution is -2.12. The molecular formula is C66H38F4N4. The summed E-state index contributed by atoms with van der Waals surface area (Å²) in [6.45, 7) is 0. The van der Waals surface area contributed by atoms with E-state index in [9.17, 15) is 28.1 Å². The number of hydrogen-bond acceptors (Lipinski definition) is 4. The summed E-state index contributed by atoms with van der Waals surface area (Å²) in [7, 11) is 0. The maximum Gasteiger partial charge on any atom is 0.123 e. The van der Waals surface area contributed by atoms with Crippen LogP contribution in [0.2, 0.25) is 0 Å². The van der Waals surface area contributed by atoms with Crippen LogP contribution in [-0.4, -0.2) is 0 Å². The number of halogens is 4. The zero-order valence-electron chi connectivity index (χ0n) is 39.2. The summed E-state index contributed by atoms with van der Waals surface area (Å²) in [5, 5.41) is 25.7. The Bertz CT molecular complexity index is 3760. The molecule has 4 nitrogen and oxygen atoms in total. The van der Waals surface area contributed by atoms with Crippen molar-refractivity contribution in [2.75, 3.05) is 9.80 Å². The van der Waals surface area contributed by atoms with Gasteiger partial charge in [-0.15, -0.1) is 0 Å². The lowest BCUT2D eigenvalue weighted by Gasteiger charge is -2.30. The molecule has 0 aliphatic carbocycles. The van der Waals surface area contributed by atoms with Gasteiger partial charge in [0.15, 0.2) is 0 Å². The highest BCUT2D eigenvalue weighted by Crippen LogP contribution is 2.49. The van der Waals surface area contributed by atoms with Gasteiger partial charge in [0.1, 0.15) is 23.3 Å². The molecule has 350 valence electrons. The van der Waals surface area contributed by atoms with Crippen molar-refractivity contribution in [2.24, 2.45) is 0 Å². The third-order valence-corrected chi connectivity index (χ3v) is 13.7. The van der Waals surface area contributed by atoms with E-state index in [0.717, 1.165) is 111 Å². The summed E-state index contributed by atoms with van der Waals surface area (Å²) in [6.07, 6.45) is 0. The zero-order valence-corrected chi connectivity index (χ0v) is 39.2. The molecule has 12 rings (SSSR count). The van der Waals surface area contributed by atoms with Crippen molar-refractivity contribution < 1.29 is 17.6 Å². The fraction of sp³-hybridized carbons (Fsp3) is 0. The maximum absolute atomic E-state index is 14.4. The summed E-state index contributed by atoms with van der Waals surface area (Å²) >= 11 is 0. The molecule has 0 fully saturated rings. The summed E-state index contributed by atoms with van der Waals surface area (Å²) in [5.74, 6) is -1.41. The average Bonchev–Trinajstić information content (AvgIpc) is 3.44. The first kappa shape index (κ1) is 45.1. The van der Waals surface area contributed by atoms with E-state index >= 15 is 0 Å². The Morgan fingerprint density at radius 3 is 0.838 bits per heavy atom. The van der Waals surface area contributed by atoms with Crippen molar-refractivity contribution in [1.82, 2.24) is 0 Å². The van der Waals surface area contributed by atoms with Crippen molar-refractivity contribution in [3.8, 4) is 56.6 Å². The van der Waals surface area contributed by atoms with Crippen LogP contribution in [0.3, 0.4) is 0 Å². The molecule has 0 aromatic heterocycles. The van der Waals surface area contributed by atoms with Gasteiger partial charge in [-0.3, -0.25) is 0 Å². The number of rotatable bonds is 10. The first-order valence-electron chi connectivity index (χ1n) is 23.8. The highest BCUT2D eigenvalue weighted by atomic mass is 19.1. The molecule has 0 heterocycles. The Morgan fingerprint density at radius 1 is 0.270 bits per heavy atom. The first-order valence-corrected chi connectivity index (χ1v) is 23.8. The average molecular weight is 963 g/mol. The van der Waals surface area contributed by atoms with E-state index in [1.54, 1.807) is 72.8 Å². The van der Waals surface area contributed by atoms with Gasteiger partial charge in [0, 0.05) is 33.5 Å². The molecular weight excluding hydrogens is 925 g/mol. The minimum atomic E-state index is -0.354. The van der Waals surface area contributed by atoms with Crippen LogP contribution < -0.4 is 9.80 Å². The van der Waals surface area contributed by atoms with Crippen LogP contribution >= 0.6 is 0 Å². The molecule has 0 amide bonds. The topological polar surface area (TPSA) is 54.1 Å². The second-order valence-electron chi connectivity index (χ2n) is 18.1. The summed E-state index contributed by atoms with van der Waals surface area (Å²) in [6, 6.07) is 74.0. The van der Waals surface area contributed by atoms with Gasteiger partial charge >= 0.3 is 0 Å². The number of nitriles is 2. The molecule has 0 saturated carbocycles. The minimum Gasteiger partial charge on any atom is -0.310 e. The van der Waals surface area contributed by atoms with E-state index in [1.165, 1.54) is 48.5 Å². The lowest BCUT2D eigenvalue weighted by molar-refractivity contribution is 0.627. The van der Waals surface area contributed by atoms with Gasteiger partial charge in [-0.25, -0.2) is 17.6 Å². The van der Waals surface area contributed by atoms with Crippen LogP contribution in [0.15, 0.2) is 231 Å². The standard InChI is InChI=1S/C66H38F4N4/c67-53-17-5-43(6-18-53)49-33-50(44-7-19-54(68)20-8-44)36-59(35-49)73(57-25-1-41(39-71)2-26-57)63-31-15-47-14-30-62-64(32-16-48-13-29-61(63)65(47)66(48)62)74(58-27-3-42(40-72)4-28-58)60-37-51(45-9-21-55(69)22-10-45)34-52(38-60)46-11-23-56(70)24-12-46/h1-38H. The predicted octanol–water partition coefficient (Wildman–Crippen LogP) is 18.5. The van der Waals surface area contributed by atoms with Gasteiger partial charge in [-0.1, -0.05) is 84.9 Å². The fourth-order valence-electron chi connectivity index (χ4n) is 10.1. The normalized spacial score (nSPS) is 11.2. The molecule has 0 saturated heterocycles. The Kier molecular flexibility index (Phi) is 11.4. The lowest BCUT2D eigenvalue weighted by atomic mass is 9.91. The summed E-state index contributed by atoms with van der Waals surface area (Å²) < 4.78 is 57.5. The Hall–Kier alpha value is -10.0. The molecule has 12 aromatic carbocycles. The quantitative estimate of drug-likeness (QED) is 0.101. The smallest absolute Gasteiger partial charge is 0.123 e. The zero-order chi connectivity index (χ0) is 50.5. The van der Waals surface area contributed by atoms with Crippen LogP contribution in [-0.2, 0) is 0 Å². The fourth-order valence-corrected chi connectivity index (χ4v) is 10.1. The summed E-state index contributed by atoms with van der Waals surface area (Å²) in [4.78, 5) is 4.32. The van der Waals surface area contributed by atoms with E-state index in [2.05, 4.69) is 94.7 Å². The molecule has 0 spiro atoms. The Balaban J connectivity index is 1.10. The van der Waals surface area contributed by atoms with Crippen LogP contribution in [0.1, 0.15) is 11.1 Å². The molecule has 74 heavy (non-hydrogen) atoms. The van der Waals surface area contributed by atoms with Crippen molar-refractivity contribution in [2.45, 2.75) is 0 Å². The van der Waals surface area contributed by atoms with E-state index in [0.29, 0.717) is 11.1 Å². The Labute approximate surface area is 424 Å². The van der Waals surface area contributed by atoms with Crippen LogP contribution in [0.5, 0.6) is 0 Å². The van der Waals surface area contributed by atoms with Gasteiger partial charge in [-0.2, -0.15) is 10.5 Å². The third-order valence-electron chi connectivity index (χ3n) is 13.7. The molecule has 12 aromatic rings. The van der Waals surface area contributed by atoms with Crippen molar-refractivity contribution in [1.29, 1.82) is 10.5 Å². The van der Waals surface area contributed by atoms with E-state index in [-0.39, 0.29) is 23.3 Å². The number of nitrogens with zero attached hydrogens (tertiary/aromatic N) is 4. The molecule has 0 atom stereocenters. The van der Waals surface area contributed by atoms with Crippen LogP contribution in [0, 0.1) is 45.9 Å². The second kappa shape index (κ2) is 18.6. The van der Waals surface area contributed by atoms with E-state index in [4.69, 9.17) is 0 Å². The predicted molar refractivity (Wildman–Crippen MR) is 291 cm³/mol.